The van der Waals surface area contributed by atoms with Crippen molar-refractivity contribution in [2.45, 2.75) is 38.0 Å². The Morgan fingerprint density at radius 1 is 1.10 bits per heavy atom. The second-order valence-corrected chi connectivity index (χ2v) is 7.88. The first-order valence-corrected chi connectivity index (χ1v) is 9.91. The number of carbonyl (C=O) groups is 1. The summed E-state index contributed by atoms with van der Waals surface area (Å²) < 4.78 is 43.7. The van der Waals surface area contributed by atoms with E-state index in [2.05, 4.69) is 10.2 Å². The zero-order valence-corrected chi connectivity index (χ0v) is 16.2. The van der Waals surface area contributed by atoms with Crippen LogP contribution in [-0.4, -0.2) is 32.2 Å². The Balaban J connectivity index is 1.43. The van der Waals surface area contributed by atoms with Gasteiger partial charge in [-0.3, -0.25) is 4.79 Å². The molecule has 2 aliphatic rings. The predicted octanol–water partition coefficient (Wildman–Crippen LogP) is 4.28. The Bertz CT molecular complexity index is 1130. The topological polar surface area (TPSA) is 79.5 Å². The van der Waals surface area contributed by atoms with Gasteiger partial charge in [0.25, 0.3) is 11.8 Å². The van der Waals surface area contributed by atoms with Gasteiger partial charge < -0.3 is 14.4 Å². The molecule has 2 heterocycles. The predicted molar refractivity (Wildman–Crippen MR) is 102 cm³/mol. The van der Waals surface area contributed by atoms with Gasteiger partial charge in [-0.1, -0.05) is 18.2 Å². The van der Waals surface area contributed by atoms with E-state index in [-0.39, 0.29) is 17.7 Å². The van der Waals surface area contributed by atoms with Gasteiger partial charge in [0.05, 0.1) is 12.1 Å². The van der Waals surface area contributed by atoms with E-state index >= 15 is 0 Å². The van der Waals surface area contributed by atoms with Crippen LogP contribution in [0.1, 0.15) is 52.7 Å². The van der Waals surface area contributed by atoms with Crippen LogP contribution < -0.4 is 0 Å². The molecule has 31 heavy (non-hydrogen) atoms. The molecule has 0 radical (unpaired) electrons. The number of rotatable bonds is 6. The van der Waals surface area contributed by atoms with Crippen LogP contribution in [0, 0.1) is 11.7 Å². The van der Waals surface area contributed by atoms with E-state index < -0.39 is 30.3 Å². The summed E-state index contributed by atoms with van der Waals surface area (Å²) >= 11 is 0. The van der Waals surface area contributed by atoms with Gasteiger partial charge in [0.1, 0.15) is 5.82 Å². The van der Waals surface area contributed by atoms with Crippen LogP contribution in [0.3, 0.4) is 0 Å². The summed E-state index contributed by atoms with van der Waals surface area (Å²) in [7, 11) is 0. The van der Waals surface area contributed by atoms with Crippen molar-refractivity contribution < 1.29 is 27.5 Å². The second-order valence-electron chi connectivity index (χ2n) is 7.88. The summed E-state index contributed by atoms with van der Waals surface area (Å²) in [6.07, 6.45) is -2.03. The van der Waals surface area contributed by atoms with Crippen LogP contribution in [0.4, 0.5) is 13.2 Å². The lowest BCUT2D eigenvalue weighted by Gasteiger charge is -2.32. The average Bonchev–Trinajstić information content (AvgIpc) is 3.36. The largest absolute Gasteiger partial charge is 0.415 e. The number of aromatic nitrogens is 2. The Morgan fingerprint density at radius 3 is 2.48 bits per heavy atom. The van der Waals surface area contributed by atoms with Crippen molar-refractivity contribution in [3.63, 3.8) is 0 Å². The van der Waals surface area contributed by atoms with E-state index in [1.54, 1.807) is 23.1 Å². The van der Waals surface area contributed by atoms with E-state index in [0.717, 1.165) is 18.4 Å². The van der Waals surface area contributed by atoms with Gasteiger partial charge in [-0.25, -0.2) is 4.39 Å². The number of hydrogen-bond acceptors (Lipinski definition) is 5. The van der Waals surface area contributed by atoms with Crippen molar-refractivity contribution in [1.29, 1.82) is 0 Å². The Kier molecular flexibility index (Phi) is 4.77. The molecule has 5 rings (SSSR count). The minimum atomic E-state index is -2.87. The third-order valence-corrected chi connectivity index (χ3v) is 5.82. The number of halogens is 3. The van der Waals surface area contributed by atoms with Crippen LogP contribution in [0.25, 0.3) is 11.5 Å². The molecule has 9 heteroatoms. The molecule has 1 saturated carbocycles. The molecule has 0 unspecified atom stereocenters. The molecule has 3 aromatic rings. The van der Waals surface area contributed by atoms with Crippen molar-refractivity contribution in [1.82, 2.24) is 15.1 Å². The van der Waals surface area contributed by atoms with Crippen molar-refractivity contribution >= 4 is 5.91 Å². The normalized spacial score (nSPS) is 17.8. The van der Waals surface area contributed by atoms with Crippen molar-refractivity contribution in [2.24, 2.45) is 5.92 Å². The third-order valence-electron chi connectivity index (χ3n) is 5.82. The smallest absolute Gasteiger partial charge is 0.314 e. The van der Waals surface area contributed by atoms with Gasteiger partial charge in [0.15, 0.2) is 0 Å². The fourth-order valence-corrected chi connectivity index (χ4v) is 4.11. The number of benzene rings is 2. The second kappa shape index (κ2) is 7.49. The molecule has 2 atom stereocenters. The highest BCUT2D eigenvalue weighted by molar-refractivity contribution is 5.99. The number of amides is 1. The number of carbonyl (C=O) groups excluding carboxylic acids is 1. The fraction of sp³-hybridized carbons (Fsp3) is 0.318. The highest BCUT2D eigenvalue weighted by Crippen LogP contribution is 2.44. The van der Waals surface area contributed by atoms with Gasteiger partial charge in [-0.2, -0.15) is 8.78 Å². The molecule has 160 valence electrons. The van der Waals surface area contributed by atoms with Gasteiger partial charge >= 0.3 is 6.43 Å². The van der Waals surface area contributed by atoms with Crippen molar-refractivity contribution in [2.75, 3.05) is 0 Å². The van der Waals surface area contributed by atoms with Gasteiger partial charge in [-0.15, -0.1) is 10.2 Å². The van der Waals surface area contributed by atoms with E-state index in [1.807, 2.05) is 0 Å². The lowest BCUT2D eigenvalue weighted by atomic mass is 9.97. The minimum absolute atomic E-state index is 0.0885. The molecule has 2 aromatic carbocycles. The highest BCUT2D eigenvalue weighted by atomic mass is 19.3. The first-order chi connectivity index (χ1) is 14.9. The summed E-state index contributed by atoms with van der Waals surface area (Å²) in [6.45, 7) is 0.319. The highest BCUT2D eigenvalue weighted by Gasteiger charge is 2.45. The molecule has 1 aliphatic heterocycles. The van der Waals surface area contributed by atoms with Crippen LogP contribution in [0.2, 0.25) is 0 Å². The average molecular weight is 429 g/mol. The van der Waals surface area contributed by atoms with Crippen LogP contribution >= 0.6 is 0 Å². The Hall–Kier alpha value is -3.20. The third kappa shape index (κ3) is 3.59. The van der Waals surface area contributed by atoms with Gasteiger partial charge in [0, 0.05) is 17.7 Å². The van der Waals surface area contributed by atoms with Crippen molar-refractivity contribution in [3.8, 4) is 11.5 Å². The molecular weight excluding hydrogens is 411 g/mol. The van der Waals surface area contributed by atoms with E-state index in [0.29, 0.717) is 23.2 Å². The lowest BCUT2D eigenvalue weighted by Crippen LogP contribution is -2.41. The molecule has 1 fully saturated rings. The summed E-state index contributed by atoms with van der Waals surface area (Å²) in [5, 5.41) is 18.0. The maximum absolute atomic E-state index is 13.3. The van der Waals surface area contributed by atoms with Crippen LogP contribution in [0.5, 0.6) is 0 Å². The maximum atomic E-state index is 13.3. The summed E-state index contributed by atoms with van der Waals surface area (Å²) in [5.41, 5.74) is 2.09. The van der Waals surface area contributed by atoms with E-state index in [4.69, 9.17) is 4.42 Å². The molecular formula is C22H18F3N3O3. The van der Waals surface area contributed by atoms with Crippen LogP contribution in [-0.2, 0) is 6.54 Å². The van der Waals surface area contributed by atoms with E-state index in [1.165, 1.54) is 24.3 Å². The zero-order chi connectivity index (χ0) is 21.7. The SMILES string of the molecule is O=C1c2cc(-c3nnc(C(F)F)o3)ccc2CN1[C@H](C1CC1)[C@H](O)c1ccc(F)cc1. The summed E-state index contributed by atoms with van der Waals surface area (Å²) in [6, 6.07) is 10.1. The summed E-state index contributed by atoms with van der Waals surface area (Å²) in [5.74, 6) is -1.37. The number of nitrogens with zero attached hydrogens (tertiary/aromatic N) is 3. The first-order valence-electron chi connectivity index (χ1n) is 9.91. The van der Waals surface area contributed by atoms with Gasteiger partial charge in [-0.05, 0) is 54.2 Å². The zero-order valence-electron chi connectivity index (χ0n) is 16.2. The molecule has 0 bridgehead atoms. The van der Waals surface area contributed by atoms with Gasteiger partial charge in [0.2, 0.25) is 5.89 Å². The maximum Gasteiger partial charge on any atom is 0.314 e. The number of alkyl halides is 2. The number of fused-ring (bicyclic) bond motifs is 1. The number of aliphatic hydroxyl groups is 1. The first kappa shape index (κ1) is 19.7. The van der Waals surface area contributed by atoms with Crippen LogP contribution in [0.15, 0.2) is 46.9 Å². The van der Waals surface area contributed by atoms with Crippen molar-refractivity contribution in [3.05, 3.63) is 70.9 Å². The lowest BCUT2D eigenvalue weighted by molar-refractivity contribution is 0.0292. The molecule has 0 saturated heterocycles. The minimum Gasteiger partial charge on any atom is -0.415 e. The number of hydrogen-bond donors (Lipinski definition) is 1. The number of aliphatic hydroxyl groups excluding tert-OH is 1. The Labute approximate surface area is 175 Å². The monoisotopic (exact) mass is 429 g/mol. The fourth-order valence-electron chi connectivity index (χ4n) is 4.11. The molecule has 1 amide bonds. The molecule has 1 N–H and O–H groups in total. The molecule has 6 nitrogen and oxygen atoms in total. The summed E-state index contributed by atoms with van der Waals surface area (Å²) in [4.78, 5) is 14.9. The quantitative estimate of drug-likeness (QED) is 0.633. The molecule has 1 aliphatic carbocycles. The molecule has 1 aromatic heterocycles. The van der Waals surface area contributed by atoms with E-state index in [9.17, 15) is 23.1 Å². The standard InChI is InChI=1S/C22H18F3N3O3/c23-15-7-5-12(6-8-15)18(29)17(11-1-2-11)28-10-14-4-3-13(9-16(14)22(28)30)20-26-27-21(31-20)19(24)25/h3-9,11,17-19,29H,1-2,10H2/t17-,18-/m1/s1. The molecule has 0 spiro atoms. The Morgan fingerprint density at radius 2 is 1.84 bits per heavy atom.